The summed E-state index contributed by atoms with van der Waals surface area (Å²) in [5.74, 6) is 1.73. The van der Waals surface area contributed by atoms with Crippen molar-refractivity contribution in [3.8, 4) is 11.3 Å². The van der Waals surface area contributed by atoms with Crippen molar-refractivity contribution in [3.63, 3.8) is 0 Å². The molecule has 4 nitrogen and oxygen atoms in total. The first-order valence-electron chi connectivity index (χ1n) is 9.20. The van der Waals surface area contributed by atoms with E-state index in [0.29, 0.717) is 23.3 Å². The molecule has 0 unspecified atom stereocenters. The second-order valence-electron chi connectivity index (χ2n) is 7.60. The topological polar surface area (TPSA) is 46.3 Å². The molecule has 0 spiro atoms. The maximum absolute atomic E-state index is 12.9. The third kappa shape index (κ3) is 5.73. The van der Waals surface area contributed by atoms with Gasteiger partial charge in [-0.2, -0.15) is 0 Å². The first-order chi connectivity index (χ1) is 11.9. The molecule has 0 aliphatic carbocycles. The predicted molar refractivity (Wildman–Crippen MR) is 101 cm³/mol. The van der Waals surface area contributed by atoms with Crippen LogP contribution in [0, 0.1) is 18.8 Å². The van der Waals surface area contributed by atoms with Crippen LogP contribution in [0.15, 0.2) is 34.9 Å². The highest BCUT2D eigenvalue weighted by Crippen LogP contribution is 2.22. The average Bonchev–Trinajstić information content (AvgIpc) is 3.04. The molecule has 0 saturated heterocycles. The molecule has 4 heteroatoms. The van der Waals surface area contributed by atoms with Gasteiger partial charge in [0, 0.05) is 24.7 Å². The summed E-state index contributed by atoms with van der Waals surface area (Å²) in [6.45, 7) is 12.3. The minimum absolute atomic E-state index is 0.0380. The lowest BCUT2D eigenvalue weighted by Crippen LogP contribution is -2.34. The van der Waals surface area contributed by atoms with Crippen LogP contribution < -0.4 is 0 Å². The summed E-state index contributed by atoms with van der Waals surface area (Å²) >= 11 is 0. The maximum Gasteiger partial charge on any atom is 0.276 e. The highest BCUT2D eigenvalue weighted by molar-refractivity contribution is 5.93. The number of carbonyl (C=O) groups excluding carboxylic acids is 1. The minimum atomic E-state index is -0.0380. The molecule has 1 aromatic heterocycles. The lowest BCUT2D eigenvalue weighted by atomic mass is 10.1. The Bertz CT molecular complexity index is 677. The van der Waals surface area contributed by atoms with Gasteiger partial charge in [0.15, 0.2) is 11.5 Å². The van der Waals surface area contributed by atoms with Crippen LogP contribution in [-0.4, -0.2) is 29.1 Å². The summed E-state index contributed by atoms with van der Waals surface area (Å²) in [5, 5.41) is 4.03. The number of hydrogen-bond acceptors (Lipinski definition) is 3. The second kappa shape index (κ2) is 8.84. The smallest absolute Gasteiger partial charge is 0.276 e. The van der Waals surface area contributed by atoms with E-state index in [-0.39, 0.29) is 5.91 Å². The molecule has 0 saturated carbocycles. The van der Waals surface area contributed by atoms with Gasteiger partial charge < -0.3 is 9.42 Å². The summed E-state index contributed by atoms with van der Waals surface area (Å²) < 4.78 is 5.43. The molecule has 0 aliphatic rings. The van der Waals surface area contributed by atoms with E-state index in [1.165, 1.54) is 0 Å². The molecule has 136 valence electrons. The Hall–Kier alpha value is -2.10. The van der Waals surface area contributed by atoms with Crippen molar-refractivity contribution in [2.75, 3.05) is 13.1 Å². The van der Waals surface area contributed by atoms with Gasteiger partial charge in [0.25, 0.3) is 5.91 Å². The van der Waals surface area contributed by atoms with E-state index in [9.17, 15) is 4.79 Å². The van der Waals surface area contributed by atoms with Gasteiger partial charge in [-0.05, 0) is 37.7 Å². The molecule has 1 aromatic carbocycles. The minimum Gasteiger partial charge on any atom is -0.355 e. The standard InChI is InChI=1S/C21H30N2O2/c1-15(2)9-11-23(12-10-16(3)4)21(24)19-14-20(25-22-19)18-8-6-7-17(5)13-18/h6-8,13-16H,9-12H2,1-5H3. The van der Waals surface area contributed by atoms with Crippen LogP contribution in [0.5, 0.6) is 0 Å². The Morgan fingerprint density at radius 1 is 1.08 bits per heavy atom. The van der Waals surface area contributed by atoms with Gasteiger partial charge in [0.05, 0.1) is 0 Å². The number of aromatic nitrogens is 1. The highest BCUT2D eigenvalue weighted by Gasteiger charge is 2.21. The molecule has 0 radical (unpaired) electrons. The molecule has 0 aliphatic heterocycles. The van der Waals surface area contributed by atoms with E-state index in [4.69, 9.17) is 4.52 Å². The molecule has 2 rings (SSSR count). The number of rotatable bonds is 8. The summed E-state index contributed by atoms with van der Waals surface area (Å²) in [5.41, 5.74) is 2.49. The summed E-state index contributed by atoms with van der Waals surface area (Å²) in [4.78, 5) is 14.8. The van der Waals surface area contributed by atoms with Crippen molar-refractivity contribution >= 4 is 5.91 Å². The van der Waals surface area contributed by atoms with E-state index in [1.807, 2.05) is 36.1 Å². The molecule has 0 N–H and O–H groups in total. The maximum atomic E-state index is 12.9. The van der Waals surface area contributed by atoms with Crippen molar-refractivity contribution in [1.82, 2.24) is 10.1 Å². The van der Waals surface area contributed by atoms with Gasteiger partial charge in [-0.1, -0.05) is 56.6 Å². The molecule has 1 heterocycles. The van der Waals surface area contributed by atoms with Crippen molar-refractivity contribution < 1.29 is 9.32 Å². The van der Waals surface area contributed by atoms with E-state index in [1.54, 1.807) is 6.07 Å². The van der Waals surface area contributed by atoms with E-state index in [0.717, 1.165) is 37.1 Å². The van der Waals surface area contributed by atoms with Gasteiger partial charge in [-0.25, -0.2) is 0 Å². The predicted octanol–water partition coefficient (Wildman–Crippen LogP) is 5.18. The Kier molecular flexibility index (Phi) is 6.80. The number of benzene rings is 1. The number of aryl methyl sites for hydroxylation is 1. The van der Waals surface area contributed by atoms with Crippen LogP contribution in [0.4, 0.5) is 0 Å². The van der Waals surface area contributed by atoms with Crippen molar-refractivity contribution in [3.05, 3.63) is 41.6 Å². The molecule has 1 amide bonds. The molecule has 0 fully saturated rings. The molecular formula is C21H30N2O2. The van der Waals surface area contributed by atoms with Crippen molar-refractivity contribution in [2.45, 2.75) is 47.5 Å². The number of nitrogens with zero attached hydrogens (tertiary/aromatic N) is 2. The third-order valence-corrected chi connectivity index (χ3v) is 4.27. The largest absolute Gasteiger partial charge is 0.355 e. The second-order valence-corrected chi connectivity index (χ2v) is 7.60. The number of hydrogen-bond donors (Lipinski definition) is 0. The highest BCUT2D eigenvalue weighted by atomic mass is 16.5. The fraction of sp³-hybridized carbons (Fsp3) is 0.524. The van der Waals surface area contributed by atoms with Gasteiger partial charge in [-0.15, -0.1) is 0 Å². The number of carbonyl (C=O) groups is 1. The Morgan fingerprint density at radius 2 is 1.72 bits per heavy atom. The normalized spacial score (nSPS) is 11.3. The Morgan fingerprint density at radius 3 is 2.28 bits per heavy atom. The van der Waals surface area contributed by atoms with E-state index < -0.39 is 0 Å². The molecule has 2 aromatic rings. The zero-order valence-corrected chi connectivity index (χ0v) is 16.1. The summed E-state index contributed by atoms with van der Waals surface area (Å²) in [6.07, 6.45) is 1.98. The van der Waals surface area contributed by atoms with Gasteiger partial charge in [-0.3, -0.25) is 4.79 Å². The van der Waals surface area contributed by atoms with Gasteiger partial charge >= 0.3 is 0 Å². The Labute approximate surface area is 151 Å². The van der Waals surface area contributed by atoms with Gasteiger partial charge in [0.1, 0.15) is 0 Å². The lowest BCUT2D eigenvalue weighted by Gasteiger charge is -2.23. The van der Waals surface area contributed by atoms with Crippen LogP contribution >= 0.6 is 0 Å². The zero-order chi connectivity index (χ0) is 18.4. The SMILES string of the molecule is Cc1cccc(-c2cc(C(=O)N(CCC(C)C)CCC(C)C)no2)c1. The van der Waals surface area contributed by atoms with E-state index >= 15 is 0 Å². The van der Waals surface area contributed by atoms with Crippen molar-refractivity contribution in [2.24, 2.45) is 11.8 Å². The first-order valence-corrected chi connectivity index (χ1v) is 9.20. The van der Waals surface area contributed by atoms with E-state index in [2.05, 4.69) is 32.9 Å². The van der Waals surface area contributed by atoms with Crippen LogP contribution in [0.2, 0.25) is 0 Å². The third-order valence-electron chi connectivity index (χ3n) is 4.27. The zero-order valence-electron chi connectivity index (χ0n) is 16.1. The fourth-order valence-corrected chi connectivity index (χ4v) is 2.62. The molecular weight excluding hydrogens is 312 g/mol. The van der Waals surface area contributed by atoms with Crippen LogP contribution in [0.25, 0.3) is 11.3 Å². The quantitative estimate of drug-likeness (QED) is 0.663. The number of amides is 1. The lowest BCUT2D eigenvalue weighted by molar-refractivity contribution is 0.0730. The monoisotopic (exact) mass is 342 g/mol. The fourth-order valence-electron chi connectivity index (χ4n) is 2.62. The summed E-state index contributed by atoms with van der Waals surface area (Å²) in [6, 6.07) is 9.77. The molecule has 0 atom stereocenters. The molecule has 25 heavy (non-hydrogen) atoms. The van der Waals surface area contributed by atoms with Crippen LogP contribution in [0.1, 0.15) is 56.6 Å². The van der Waals surface area contributed by atoms with Gasteiger partial charge in [0.2, 0.25) is 0 Å². The Balaban J connectivity index is 2.14. The molecule has 0 bridgehead atoms. The van der Waals surface area contributed by atoms with Crippen molar-refractivity contribution in [1.29, 1.82) is 0 Å². The average molecular weight is 342 g/mol. The van der Waals surface area contributed by atoms with Crippen LogP contribution in [0.3, 0.4) is 0 Å². The summed E-state index contributed by atoms with van der Waals surface area (Å²) in [7, 11) is 0. The first kappa shape index (κ1) is 19.2. The van der Waals surface area contributed by atoms with Crippen LogP contribution in [-0.2, 0) is 0 Å².